The Balaban J connectivity index is 1.47. The predicted molar refractivity (Wildman–Crippen MR) is 130 cm³/mol. The lowest BCUT2D eigenvalue weighted by molar-refractivity contribution is 0.628. The number of aromatic amines is 2. The molecule has 34 heavy (non-hydrogen) atoms. The summed E-state index contributed by atoms with van der Waals surface area (Å²) < 4.78 is 13.4. The average Bonchev–Trinajstić information content (AvgIpc) is 3.48. The van der Waals surface area contributed by atoms with Crippen LogP contribution in [0.15, 0.2) is 67.1 Å². The molecule has 8 nitrogen and oxygen atoms in total. The quantitative estimate of drug-likeness (QED) is 0.399. The van der Waals surface area contributed by atoms with Gasteiger partial charge in [-0.05, 0) is 42.0 Å². The first-order chi connectivity index (χ1) is 16.6. The molecule has 0 bridgehead atoms. The van der Waals surface area contributed by atoms with Gasteiger partial charge in [0.15, 0.2) is 17.2 Å². The van der Waals surface area contributed by atoms with Crippen LogP contribution in [0.5, 0.6) is 0 Å². The molecular formula is C25H19FN8. The Labute approximate surface area is 193 Å². The summed E-state index contributed by atoms with van der Waals surface area (Å²) in [7, 11) is 3.95. The lowest BCUT2D eigenvalue weighted by Gasteiger charge is -2.12. The van der Waals surface area contributed by atoms with E-state index in [-0.39, 0.29) is 5.82 Å². The van der Waals surface area contributed by atoms with Crippen LogP contribution in [0, 0.1) is 5.82 Å². The third-order valence-corrected chi connectivity index (χ3v) is 5.71. The van der Waals surface area contributed by atoms with Gasteiger partial charge in [-0.25, -0.2) is 19.3 Å². The number of halogens is 1. The highest BCUT2D eigenvalue weighted by molar-refractivity contribution is 5.94. The first-order valence-electron chi connectivity index (χ1n) is 10.7. The maximum atomic E-state index is 13.4. The number of fused-ring (bicyclic) bond motifs is 2. The van der Waals surface area contributed by atoms with Crippen molar-refractivity contribution in [2.45, 2.75) is 0 Å². The highest BCUT2D eigenvalue weighted by Gasteiger charge is 2.17. The summed E-state index contributed by atoms with van der Waals surface area (Å²) in [5, 5.41) is 7.51. The van der Waals surface area contributed by atoms with E-state index in [4.69, 9.17) is 9.97 Å². The van der Waals surface area contributed by atoms with Crippen molar-refractivity contribution in [2.75, 3.05) is 19.0 Å². The third kappa shape index (κ3) is 3.34. The van der Waals surface area contributed by atoms with Gasteiger partial charge in [-0.3, -0.25) is 10.1 Å². The van der Waals surface area contributed by atoms with Crippen molar-refractivity contribution in [2.24, 2.45) is 0 Å². The molecule has 1 aromatic carbocycles. The molecule has 0 saturated heterocycles. The number of nitrogens with zero attached hydrogens (tertiary/aromatic N) is 6. The number of rotatable bonds is 4. The lowest BCUT2D eigenvalue weighted by atomic mass is 10.1. The van der Waals surface area contributed by atoms with Crippen LogP contribution < -0.4 is 4.90 Å². The number of H-pyrrole nitrogens is 2. The molecule has 5 heterocycles. The van der Waals surface area contributed by atoms with E-state index < -0.39 is 0 Å². The Morgan fingerprint density at radius 1 is 0.882 bits per heavy atom. The zero-order valence-corrected chi connectivity index (χ0v) is 18.4. The zero-order chi connectivity index (χ0) is 23.2. The van der Waals surface area contributed by atoms with Gasteiger partial charge < -0.3 is 9.88 Å². The fourth-order valence-electron chi connectivity index (χ4n) is 3.92. The molecule has 0 unspecified atom stereocenters. The van der Waals surface area contributed by atoms with Gasteiger partial charge >= 0.3 is 0 Å². The average molecular weight is 450 g/mol. The lowest BCUT2D eigenvalue weighted by Crippen LogP contribution is -2.08. The molecule has 6 aromatic rings. The van der Waals surface area contributed by atoms with Gasteiger partial charge in [-0.2, -0.15) is 5.10 Å². The Hall–Kier alpha value is -4.66. The van der Waals surface area contributed by atoms with Gasteiger partial charge in [0.2, 0.25) is 0 Å². The van der Waals surface area contributed by atoms with Crippen molar-refractivity contribution < 1.29 is 4.39 Å². The standard InChI is InChI=1S/C25H19FN8/c1-34(2)17-11-15(12-27-13-17)19-7-8-20-22(29-19)23(33-32-20)25-30-21-18(9-10-28-24(21)31-25)14-3-5-16(26)6-4-14/h3-13H,1-2H3,(H,32,33)(H,28,30,31). The van der Waals surface area contributed by atoms with Crippen molar-refractivity contribution in [1.82, 2.24) is 35.1 Å². The molecule has 0 atom stereocenters. The molecule has 0 fully saturated rings. The summed E-state index contributed by atoms with van der Waals surface area (Å²) in [6, 6.07) is 14.1. The van der Waals surface area contributed by atoms with E-state index >= 15 is 0 Å². The second-order valence-electron chi connectivity index (χ2n) is 8.14. The minimum atomic E-state index is -0.284. The first-order valence-corrected chi connectivity index (χ1v) is 10.7. The van der Waals surface area contributed by atoms with E-state index in [1.165, 1.54) is 12.1 Å². The van der Waals surface area contributed by atoms with E-state index in [9.17, 15) is 4.39 Å². The number of aromatic nitrogens is 7. The van der Waals surface area contributed by atoms with Gasteiger partial charge in [-0.15, -0.1) is 0 Å². The summed E-state index contributed by atoms with van der Waals surface area (Å²) in [5.41, 5.74) is 7.77. The predicted octanol–water partition coefficient (Wildman–Crippen LogP) is 4.83. The van der Waals surface area contributed by atoms with Gasteiger partial charge in [-0.1, -0.05) is 12.1 Å². The van der Waals surface area contributed by atoms with Gasteiger partial charge in [0, 0.05) is 37.6 Å². The molecule has 166 valence electrons. The Morgan fingerprint density at radius 3 is 2.56 bits per heavy atom. The van der Waals surface area contributed by atoms with E-state index in [1.54, 1.807) is 24.5 Å². The van der Waals surface area contributed by atoms with Crippen LogP contribution in [0.3, 0.4) is 0 Å². The number of hydrogen-bond donors (Lipinski definition) is 2. The maximum Gasteiger partial charge on any atom is 0.162 e. The molecule has 0 amide bonds. The number of anilines is 1. The molecule has 0 aliphatic rings. The largest absolute Gasteiger partial charge is 0.376 e. The topological polar surface area (TPSA) is 99.3 Å². The minimum absolute atomic E-state index is 0.284. The first kappa shape index (κ1) is 20.0. The van der Waals surface area contributed by atoms with E-state index in [1.807, 2.05) is 49.5 Å². The molecule has 0 radical (unpaired) electrons. The second-order valence-corrected chi connectivity index (χ2v) is 8.14. The number of nitrogens with one attached hydrogen (secondary N) is 2. The molecule has 5 aromatic heterocycles. The second kappa shape index (κ2) is 7.73. The molecular weight excluding hydrogens is 431 g/mol. The molecule has 0 aliphatic carbocycles. The van der Waals surface area contributed by atoms with Gasteiger partial charge in [0.1, 0.15) is 16.9 Å². The molecule has 6 rings (SSSR count). The highest BCUT2D eigenvalue weighted by Crippen LogP contribution is 2.31. The van der Waals surface area contributed by atoms with Crippen molar-refractivity contribution in [3.63, 3.8) is 0 Å². The molecule has 2 N–H and O–H groups in total. The van der Waals surface area contributed by atoms with Gasteiger partial charge in [0.25, 0.3) is 0 Å². The summed E-state index contributed by atoms with van der Waals surface area (Å²) in [4.78, 5) is 23.7. The minimum Gasteiger partial charge on any atom is -0.376 e. The van der Waals surface area contributed by atoms with Crippen LogP contribution >= 0.6 is 0 Å². The SMILES string of the molecule is CN(C)c1cncc(-c2ccc3[nH]nc(-c4nc5c(-c6ccc(F)cc6)ccnc5[nH]4)c3n2)c1. The van der Waals surface area contributed by atoms with E-state index in [0.29, 0.717) is 28.2 Å². The van der Waals surface area contributed by atoms with Crippen molar-refractivity contribution in [1.29, 1.82) is 0 Å². The number of imidazole rings is 1. The normalized spacial score (nSPS) is 11.4. The summed E-state index contributed by atoms with van der Waals surface area (Å²) >= 11 is 0. The number of benzene rings is 1. The van der Waals surface area contributed by atoms with Crippen LogP contribution in [0.2, 0.25) is 0 Å². The van der Waals surface area contributed by atoms with Gasteiger partial charge in [0.05, 0.1) is 23.1 Å². The Bertz CT molecular complexity index is 1650. The van der Waals surface area contributed by atoms with Crippen LogP contribution in [-0.4, -0.2) is 49.2 Å². The van der Waals surface area contributed by atoms with Crippen LogP contribution in [-0.2, 0) is 0 Å². The van der Waals surface area contributed by atoms with Crippen LogP contribution in [0.1, 0.15) is 0 Å². The Kier molecular flexibility index (Phi) is 4.54. The number of pyridine rings is 3. The van der Waals surface area contributed by atoms with Crippen LogP contribution in [0.25, 0.3) is 56.1 Å². The summed E-state index contributed by atoms with van der Waals surface area (Å²) in [6.45, 7) is 0. The van der Waals surface area contributed by atoms with Crippen molar-refractivity contribution in [3.05, 3.63) is 72.9 Å². The summed E-state index contributed by atoms with van der Waals surface area (Å²) in [5.74, 6) is 0.265. The smallest absolute Gasteiger partial charge is 0.162 e. The monoisotopic (exact) mass is 450 g/mol. The van der Waals surface area contributed by atoms with E-state index in [2.05, 4.69) is 25.1 Å². The fourth-order valence-corrected chi connectivity index (χ4v) is 3.92. The summed E-state index contributed by atoms with van der Waals surface area (Å²) in [6.07, 6.45) is 5.30. The maximum absolute atomic E-state index is 13.4. The molecule has 0 spiro atoms. The Morgan fingerprint density at radius 2 is 1.74 bits per heavy atom. The molecule has 0 saturated carbocycles. The molecule has 9 heteroatoms. The highest BCUT2D eigenvalue weighted by atomic mass is 19.1. The third-order valence-electron chi connectivity index (χ3n) is 5.71. The number of hydrogen-bond acceptors (Lipinski definition) is 6. The van der Waals surface area contributed by atoms with Crippen molar-refractivity contribution in [3.8, 4) is 33.9 Å². The molecule has 0 aliphatic heterocycles. The van der Waals surface area contributed by atoms with Crippen molar-refractivity contribution >= 4 is 27.9 Å². The van der Waals surface area contributed by atoms with Crippen LogP contribution in [0.4, 0.5) is 10.1 Å². The van der Waals surface area contributed by atoms with E-state index in [0.717, 1.165) is 33.6 Å². The zero-order valence-electron chi connectivity index (χ0n) is 18.4. The fraction of sp³-hybridized carbons (Fsp3) is 0.0800.